The molecule has 1 aliphatic rings. The van der Waals surface area contributed by atoms with E-state index in [1.54, 1.807) is 12.1 Å². The highest BCUT2D eigenvalue weighted by Crippen LogP contribution is 2.23. The number of nitrogens with zero attached hydrogens (tertiary/aromatic N) is 2. The van der Waals surface area contributed by atoms with Gasteiger partial charge in [0.2, 0.25) is 0 Å². The zero-order valence-corrected chi connectivity index (χ0v) is 9.20. The number of nitriles is 1. The molecule has 1 saturated heterocycles. The molecule has 3 nitrogen and oxygen atoms in total. The van der Waals surface area contributed by atoms with Crippen molar-refractivity contribution in [2.45, 2.75) is 13.0 Å². The number of halogens is 1. The molecule has 0 radical (unpaired) electrons. The average Bonchev–Trinajstić information content (AvgIpc) is 2.28. The smallest absolute Gasteiger partial charge is 0.143 e. The number of hydrogen-bond donors (Lipinski definition) is 1. The first-order valence-electron chi connectivity index (χ1n) is 5.39. The number of piperazine rings is 1. The summed E-state index contributed by atoms with van der Waals surface area (Å²) in [6, 6.07) is 7.09. The Labute approximate surface area is 94.5 Å². The average molecular weight is 219 g/mol. The largest absolute Gasteiger partial charge is 0.368 e. The highest BCUT2D eigenvalue weighted by molar-refractivity contribution is 5.60. The molecule has 0 bridgehead atoms. The highest BCUT2D eigenvalue weighted by Gasteiger charge is 2.19. The van der Waals surface area contributed by atoms with Crippen molar-refractivity contribution in [2.24, 2.45) is 0 Å². The maximum atomic E-state index is 13.4. The number of anilines is 1. The molecular weight excluding hydrogens is 205 g/mol. The molecule has 1 heterocycles. The number of hydrogen-bond acceptors (Lipinski definition) is 3. The zero-order valence-electron chi connectivity index (χ0n) is 9.20. The minimum atomic E-state index is -0.439. The van der Waals surface area contributed by atoms with Crippen molar-refractivity contribution in [3.05, 3.63) is 29.6 Å². The molecule has 0 amide bonds. The Balaban J connectivity index is 2.33. The summed E-state index contributed by atoms with van der Waals surface area (Å²) in [7, 11) is 0. The summed E-state index contributed by atoms with van der Waals surface area (Å²) >= 11 is 0. The first-order chi connectivity index (χ1) is 7.72. The Bertz CT molecular complexity index is 425. The van der Waals surface area contributed by atoms with Gasteiger partial charge in [-0.3, -0.25) is 0 Å². The summed E-state index contributed by atoms with van der Waals surface area (Å²) in [4.78, 5) is 2.06. The van der Waals surface area contributed by atoms with Crippen molar-refractivity contribution in [2.75, 3.05) is 24.5 Å². The molecule has 1 aromatic rings. The molecule has 16 heavy (non-hydrogen) atoms. The second-order valence-corrected chi connectivity index (χ2v) is 4.05. The Kier molecular flexibility index (Phi) is 3.07. The molecule has 2 rings (SSSR count). The Morgan fingerprint density at radius 3 is 3.06 bits per heavy atom. The van der Waals surface area contributed by atoms with Crippen LogP contribution in [-0.4, -0.2) is 25.7 Å². The Morgan fingerprint density at radius 1 is 1.56 bits per heavy atom. The Morgan fingerprint density at radius 2 is 2.38 bits per heavy atom. The standard InChI is InChI=1S/C12H14FN3/c1-9-8-16(6-5-15-9)12-4-2-3-11(13)10(12)7-14/h2-4,9,15H,5-6,8H2,1H3/t9-/m0/s1. The predicted molar refractivity (Wildman–Crippen MR) is 60.8 cm³/mol. The summed E-state index contributed by atoms with van der Waals surface area (Å²) < 4.78 is 13.4. The normalized spacial score (nSPS) is 20.6. The van der Waals surface area contributed by atoms with Gasteiger partial charge < -0.3 is 10.2 Å². The molecule has 0 aliphatic carbocycles. The lowest BCUT2D eigenvalue weighted by Gasteiger charge is -2.34. The van der Waals surface area contributed by atoms with Gasteiger partial charge >= 0.3 is 0 Å². The van der Waals surface area contributed by atoms with Gasteiger partial charge in [-0.25, -0.2) is 4.39 Å². The SMILES string of the molecule is C[C@H]1CN(c2cccc(F)c2C#N)CCN1. The fourth-order valence-electron chi connectivity index (χ4n) is 2.04. The van der Waals surface area contributed by atoms with Crippen LogP contribution in [0, 0.1) is 17.1 Å². The van der Waals surface area contributed by atoms with Gasteiger partial charge in [0, 0.05) is 25.7 Å². The molecule has 84 valence electrons. The van der Waals surface area contributed by atoms with Crippen LogP contribution in [0.25, 0.3) is 0 Å². The quantitative estimate of drug-likeness (QED) is 0.778. The van der Waals surface area contributed by atoms with Crippen LogP contribution < -0.4 is 10.2 Å². The summed E-state index contributed by atoms with van der Waals surface area (Å²) in [6.45, 7) is 4.56. The monoisotopic (exact) mass is 219 g/mol. The van der Waals surface area contributed by atoms with Crippen molar-refractivity contribution in [1.82, 2.24) is 5.32 Å². The van der Waals surface area contributed by atoms with E-state index in [0.29, 0.717) is 11.7 Å². The van der Waals surface area contributed by atoms with E-state index < -0.39 is 5.82 Å². The third-order valence-corrected chi connectivity index (χ3v) is 2.81. The van der Waals surface area contributed by atoms with Crippen LogP contribution >= 0.6 is 0 Å². The van der Waals surface area contributed by atoms with Crippen molar-refractivity contribution in [3.63, 3.8) is 0 Å². The van der Waals surface area contributed by atoms with E-state index in [1.807, 2.05) is 6.07 Å². The second kappa shape index (κ2) is 4.50. The van der Waals surface area contributed by atoms with E-state index >= 15 is 0 Å². The molecule has 0 aromatic heterocycles. The predicted octanol–water partition coefficient (Wildman–Crippen LogP) is 1.50. The van der Waals surface area contributed by atoms with Gasteiger partial charge in [0.05, 0.1) is 5.69 Å². The molecule has 0 saturated carbocycles. The van der Waals surface area contributed by atoms with Crippen LogP contribution in [0.4, 0.5) is 10.1 Å². The van der Waals surface area contributed by atoms with Crippen molar-refractivity contribution in [3.8, 4) is 6.07 Å². The van der Waals surface area contributed by atoms with E-state index in [-0.39, 0.29) is 5.56 Å². The summed E-state index contributed by atoms with van der Waals surface area (Å²) in [5.74, 6) is -0.439. The van der Waals surface area contributed by atoms with Gasteiger partial charge in [0.1, 0.15) is 17.4 Å². The van der Waals surface area contributed by atoms with Crippen LogP contribution in [0.1, 0.15) is 12.5 Å². The minimum absolute atomic E-state index is 0.150. The van der Waals surface area contributed by atoms with Crippen LogP contribution in [0.15, 0.2) is 18.2 Å². The van der Waals surface area contributed by atoms with Crippen molar-refractivity contribution in [1.29, 1.82) is 5.26 Å². The lowest BCUT2D eigenvalue weighted by Crippen LogP contribution is -2.49. The van der Waals surface area contributed by atoms with E-state index in [4.69, 9.17) is 5.26 Å². The first-order valence-corrected chi connectivity index (χ1v) is 5.39. The Hall–Kier alpha value is -1.60. The maximum absolute atomic E-state index is 13.4. The molecule has 1 atom stereocenters. The van der Waals surface area contributed by atoms with Gasteiger partial charge in [0.25, 0.3) is 0 Å². The first kappa shape index (κ1) is 10.9. The second-order valence-electron chi connectivity index (χ2n) is 4.05. The van der Waals surface area contributed by atoms with Crippen LogP contribution in [0.2, 0.25) is 0 Å². The van der Waals surface area contributed by atoms with Crippen LogP contribution in [0.5, 0.6) is 0 Å². The summed E-state index contributed by atoms with van der Waals surface area (Å²) in [6.07, 6.45) is 0. The van der Waals surface area contributed by atoms with E-state index in [0.717, 1.165) is 19.6 Å². The number of benzene rings is 1. The molecule has 1 fully saturated rings. The highest BCUT2D eigenvalue weighted by atomic mass is 19.1. The lowest BCUT2D eigenvalue weighted by atomic mass is 10.1. The fraction of sp³-hybridized carbons (Fsp3) is 0.417. The molecule has 0 unspecified atom stereocenters. The van der Waals surface area contributed by atoms with Crippen molar-refractivity contribution >= 4 is 5.69 Å². The van der Waals surface area contributed by atoms with Crippen molar-refractivity contribution < 1.29 is 4.39 Å². The minimum Gasteiger partial charge on any atom is -0.368 e. The summed E-state index contributed by atoms with van der Waals surface area (Å²) in [5.41, 5.74) is 0.854. The van der Waals surface area contributed by atoms with Gasteiger partial charge in [0.15, 0.2) is 0 Å². The van der Waals surface area contributed by atoms with Gasteiger partial charge in [-0.2, -0.15) is 5.26 Å². The molecule has 4 heteroatoms. The maximum Gasteiger partial charge on any atom is 0.143 e. The molecular formula is C12H14FN3. The molecule has 1 aromatic carbocycles. The lowest BCUT2D eigenvalue weighted by molar-refractivity contribution is 0.484. The number of rotatable bonds is 1. The number of nitrogens with one attached hydrogen (secondary N) is 1. The zero-order chi connectivity index (χ0) is 11.5. The van der Waals surface area contributed by atoms with E-state index in [2.05, 4.69) is 17.1 Å². The van der Waals surface area contributed by atoms with Crippen LogP contribution in [0.3, 0.4) is 0 Å². The molecule has 1 N–H and O–H groups in total. The fourth-order valence-corrected chi connectivity index (χ4v) is 2.04. The molecule has 0 spiro atoms. The molecule has 1 aliphatic heterocycles. The van der Waals surface area contributed by atoms with Gasteiger partial charge in [-0.1, -0.05) is 6.07 Å². The third kappa shape index (κ3) is 2.00. The van der Waals surface area contributed by atoms with E-state index in [9.17, 15) is 4.39 Å². The third-order valence-electron chi connectivity index (χ3n) is 2.81. The van der Waals surface area contributed by atoms with Gasteiger partial charge in [-0.05, 0) is 19.1 Å². The van der Waals surface area contributed by atoms with Crippen LogP contribution in [-0.2, 0) is 0 Å². The van der Waals surface area contributed by atoms with Gasteiger partial charge in [-0.15, -0.1) is 0 Å². The topological polar surface area (TPSA) is 39.1 Å². The van der Waals surface area contributed by atoms with E-state index in [1.165, 1.54) is 6.07 Å². The summed E-state index contributed by atoms with van der Waals surface area (Å²) in [5, 5.41) is 12.3.